The molecule has 3 amide bonds. The van der Waals surface area contributed by atoms with Gasteiger partial charge in [0.1, 0.15) is 6.04 Å². The summed E-state index contributed by atoms with van der Waals surface area (Å²) in [6.45, 7) is 2.14. The Morgan fingerprint density at radius 3 is 2.69 bits per heavy atom. The van der Waals surface area contributed by atoms with E-state index in [0.29, 0.717) is 30.6 Å². The normalized spacial score (nSPS) is 25.6. The van der Waals surface area contributed by atoms with Crippen LogP contribution < -0.4 is 16.0 Å². The number of amides is 3. The molecule has 0 aromatic heterocycles. The molecular formula is C25H28N4O3. The molecule has 3 aliphatic rings. The lowest BCUT2D eigenvalue weighted by atomic mass is 9.93. The van der Waals surface area contributed by atoms with Gasteiger partial charge in [0.2, 0.25) is 11.8 Å². The van der Waals surface area contributed by atoms with Crippen molar-refractivity contribution in [1.29, 1.82) is 0 Å². The predicted octanol–water partition coefficient (Wildman–Crippen LogP) is 2.03. The van der Waals surface area contributed by atoms with Gasteiger partial charge in [-0.3, -0.25) is 19.7 Å². The fraction of sp³-hybridized carbons (Fsp3) is 0.400. The van der Waals surface area contributed by atoms with Gasteiger partial charge in [-0.15, -0.1) is 0 Å². The van der Waals surface area contributed by atoms with Gasteiger partial charge >= 0.3 is 0 Å². The standard InChI is InChI=1S/C25H28N4O3/c30-23-9-8-22(24(31)28-23)29-15-18-12-16(6-7-20(18)25(29)32)14-27-19-10-11-26-21(13-19)17-4-2-1-3-5-17/h1-7,12,19,21-22,26-27H,8-11,13-15H2,(H,28,30,31)/t19-,21-,22?/m1/s1. The number of carbonyl (C=O) groups is 3. The quantitative estimate of drug-likeness (QED) is 0.629. The highest BCUT2D eigenvalue weighted by Crippen LogP contribution is 2.28. The molecule has 166 valence electrons. The Kier molecular flexibility index (Phi) is 5.76. The van der Waals surface area contributed by atoms with Gasteiger partial charge in [0, 0.05) is 37.2 Å². The fourth-order valence-corrected chi connectivity index (χ4v) is 5.04. The molecule has 7 nitrogen and oxygen atoms in total. The van der Waals surface area contributed by atoms with E-state index >= 15 is 0 Å². The maximum absolute atomic E-state index is 12.8. The Hall–Kier alpha value is -3.03. The number of fused-ring (bicyclic) bond motifs is 1. The smallest absolute Gasteiger partial charge is 0.255 e. The maximum atomic E-state index is 12.8. The van der Waals surface area contributed by atoms with Crippen molar-refractivity contribution in [3.8, 4) is 0 Å². The highest BCUT2D eigenvalue weighted by atomic mass is 16.2. The van der Waals surface area contributed by atoms with Gasteiger partial charge < -0.3 is 15.5 Å². The Bertz CT molecular complexity index is 1040. The van der Waals surface area contributed by atoms with Crippen molar-refractivity contribution in [3.05, 3.63) is 70.8 Å². The van der Waals surface area contributed by atoms with Gasteiger partial charge in [-0.25, -0.2) is 0 Å². The highest BCUT2D eigenvalue weighted by molar-refractivity contribution is 6.05. The zero-order valence-electron chi connectivity index (χ0n) is 18.0. The zero-order valence-corrected chi connectivity index (χ0v) is 18.0. The number of carbonyl (C=O) groups excluding carboxylic acids is 3. The maximum Gasteiger partial charge on any atom is 0.255 e. The number of hydrogen-bond acceptors (Lipinski definition) is 5. The zero-order chi connectivity index (χ0) is 22.1. The Labute approximate surface area is 187 Å². The molecule has 3 heterocycles. The number of rotatable bonds is 5. The van der Waals surface area contributed by atoms with Crippen molar-refractivity contribution in [2.24, 2.45) is 0 Å². The molecule has 5 rings (SSSR count). The summed E-state index contributed by atoms with van der Waals surface area (Å²) >= 11 is 0. The van der Waals surface area contributed by atoms with E-state index in [9.17, 15) is 14.4 Å². The minimum absolute atomic E-state index is 0.127. The summed E-state index contributed by atoms with van der Waals surface area (Å²) in [5.74, 6) is -0.766. The van der Waals surface area contributed by atoms with Crippen molar-refractivity contribution < 1.29 is 14.4 Å². The topological polar surface area (TPSA) is 90.5 Å². The van der Waals surface area contributed by atoms with Crippen LogP contribution in [-0.4, -0.2) is 41.2 Å². The molecule has 32 heavy (non-hydrogen) atoms. The second-order valence-electron chi connectivity index (χ2n) is 8.91. The van der Waals surface area contributed by atoms with Gasteiger partial charge in [-0.2, -0.15) is 0 Å². The molecule has 3 aliphatic heterocycles. The fourth-order valence-electron chi connectivity index (χ4n) is 5.04. The summed E-state index contributed by atoms with van der Waals surface area (Å²) in [6.07, 6.45) is 2.77. The van der Waals surface area contributed by atoms with Gasteiger partial charge in [0.05, 0.1) is 0 Å². The molecule has 2 saturated heterocycles. The van der Waals surface area contributed by atoms with Crippen LogP contribution in [0.4, 0.5) is 0 Å². The lowest BCUT2D eigenvalue weighted by Gasteiger charge is -2.31. The van der Waals surface area contributed by atoms with Crippen molar-refractivity contribution in [2.45, 2.75) is 56.9 Å². The Morgan fingerprint density at radius 2 is 1.88 bits per heavy atom. The molecule has 1 unspecified atom stereocenters. The molecule has 0 aliphatic carbocycles. The molecule has 0 bridgehead atoms. The number of nitrogens with one attached hydrogen (secondary N) is 3. The van der Waals surface area contributed by atoms with Gasteiger partial charge in [-0.1, -0.05) is 42.5 Å². The summed E-state index contributed by atoms with van der Waals surface area (Å²) in [6, 6.07) is 16.7. The van der Waals surface area contributed by atoms with Gasteiger partial charge in [0.25, 0.3) is 5.91 Å². The number of benzene rings is 2. The first-order valence-corrected chi connectivity index (χ1v) is 11.4. The van der Waals surface area contributed by atoms with Crippen LogP contribution in [0.5, 0.6) is 0 Å². The minimum Gasteiger partial charge on any atom is -0.322 e. The Morgan fingerprint density at radius 1 is 1.03 bits per heavy atom. The third-order valence-corrected chi connectivity index (χ3v) is 6.79. The SMILES string of the molecule is O=C1CCC(N2Cc3cc(CN[C@@H]4CCN[C@@H](c5ccccc5)C4)ccc3C2=O)C(=O)N1. The lowest BCUT2D eigenvalue weighted by Crippen LogP contribution is -2.52. The molecule has 2 aromatic carbocycles. The number of imide groups is 1. The molecule has 2 fully saturated rings. The van der Waals surface area contributed by atoms with E-state index in [2.05, 4.69) is 46.3 Å². The first-order valence-electron chi connectivity index (χ1n) is 11.4. The van der Waals surface area contributed by atoms with E-state index in [-0.39, 0.29) is 24.1 Å². The van der Waals surface area contributed by atoms with E-state index in [1.165, 1.54) is 5.56 Å². The van der Waals surface area contributed by atoms with Crippen LogP contribution in [0.25, 0.3) is 0 Å². The van der Waals surface area contributed by atoms with Crippen LogP contribution in [0.3, 0.4) is 0 Å². The number of piperidine rings is 2. The first-order chi connectivity index (χ1) is 15.6. The average Bonchev–Trinajstić information content (AvgIpc) is 3.14. The third kappa shape index (κ3) is 4.18. The van der Waals surface area contributed by atoms with Crippen molar-refractivity contribution in [2.75, 3.05) is 6.54 Å². The summed E-state index contributed by atoms with van der Waals surface area (Å²) in [5.41, 5.74) is 4.07. The molecule has 3 atom stereocenters. The molecule has 3 N–H and O–H groups in total. The van der Waals surface area contributed by atoms with Crippen LogP contribution in [-0.2, 0) is 22.7 Å². The molecule has 0 radical (unpaired) electrons. The molecule has 0 saturated carbocycles. The number of hydrogen-bond donors (Lipinski definition) is 3. The summed E-state index contributed by atoms with van der Waals surface area (Å²) < 4.78 is 0. The summed E-state index contributed by atoms with van der Waals surface area (Å²) in [5, 5.41) is 9.64. The van der Waals surface area contributed by atoms with Crippen LogP contribution in [0.15, 0.2) is 48.5 Å². The summed E-state index contributed by atoms with van der Waals surface area (Å²) in [4.78, 5) is 38.1. The van der Waals surface area contributed by atoms with Crippen LogP contribution in [0.1, 0.15) is 58.8 Å². The minimum atomic E-state index is -0.571. The lowest BCUT2D eigenvalue weighted by molar-refractivity contribution is -0.136. The van der Waals surface area contributed by atoms with Crippen LogP contribution in [0, 0.1) is 0 Å². The van der Waals surface area contributed by atoms with Crippen molar-refractivity contribution >= 4 is 17.7 Å². The van der Waals surface area contributed by atoms with E-state index in [1.807, 2.05) is 18.2 Å². The molecule has 0 spiro atoms. The summed E-state index contributed by atoms with van der Waals surface area (Å²) in [7, 11) is 0. The largest absolute Gasteiger partial charge is 0.322 e. The molecule has 2 aromatic rings. The van der Waals surface area contributed by atoms with Crippen LogP contribution >= 0.6 is 0 Å². The highest BCUT2D eigenvalue weighted by Gasteiger charge is 2.39. The predicted molar refractivity (Wildman–Crippen MR) is 120 cm³/mol. The first kappa shape index (κ1) is 20.8. The van der Waals surface area contributed by atoms with E-state index in [0.717, 1.165) is 37.1 Å². The molecular weight excluding hydrogens is 404 g/mol. The number of nitrogens with zero attached hydrogens (tertiary/aromatic N) is 1. The third-order valence-electron chi connectivity index (χ3n) is 6.79. The molecule has 7 heteroatoms. The van der Waals surface area contributed by atoms with Crippen molar-refractivity contribution in [3.63, 3.8) is 0 Å². The average molecular weight is 433 g/mol. The van der Waals surface area contributed by atoms with Gasteiger partial charge in [-0.05, 0) is 48.6 Å². The van der Waals surface area contributed by atoms with E-state index in [1.54, 1.807) is 4.90 Å². The van der Waals surface area contributed by atoms with Crippen molar-refractivity contribution in [1.82, 2.24) is 20.9 Å². The monoisotopic (exact) mass is 432 g/mol. The second-order valence-corrected chi connectivity index (χ2v) is 8.91. The second kappa shape index (κ2) is 8.84. The van der Waals surface area contributed by atoms with Gasteiger partial charge in [0.15, 0.2) is 0 Å². The Balaban J connectivity index is 1.21. The van der Waals surface area contributed by atoms with E-state index in [4.69, 9.17) is 0 Å². The van der Waals surface area contributed by atoms with Crippen LogP contribution in [0.2, 0.25) is 0 Å². The van der Waals surface area contributed by atoms with E-state index < -0.39 is 6.04 Å².